The van der Waals surface area contributed by atoms with Crippen molar-refractivity contribution in [3.63, 3.8) is 0 Å². The summed E-state index contributed by atoms with van der Waals surface area (Å²) < 4.78 is -1.76. The van der Waals surface area contributed by atoms with Crippen LogP contribution in [0.1, 0.15) is 25.7 Å². The molecule has 2 aliphatic carbocycles. The van der Waals surface area contributed by atoms with E-state index in [1.807, 2.05) is 48.4 Å². The monoisotopic (exact) mass is 1040 g/mol. The Balaban J connectivity index is 0.959. The van der Waals surface area contributed by atoms with Crippen LogP contribution in [0, 0.1) is 10.8 Å². The normalized spacial score (nSPS) is 31.2. The van der Waals surface area contributed by atoms with E-state index in [4.69, 9.17) is 116 Å². The molecule has 23 heteroatoms. The summed E-state index contributed by atoms with van der Waals surface area (Å²) in [6.45, 7) is 1.85. The second kappa shape index (κ2) is 15.2. The van der Waals surface area contributed by atoms with Gasteiger partial charge in [-0.3, -0.25) is 23.4 Å². The van der Waals surface area contributed by atoms with Gasteiger partial charge in [0.25, 0.3) is 0 Å². The van der Waals surface area contributed by atoms with Crippen molar-refractivity contribution < 1.29 is 4.79 Å². The number of hydrogen-bond acceptors (Lipinski definition) is 11. The van der Waals surface area contributed by atoms with Crippen molar-refractivity contribution in [2.24, 2.45) is 10.8 Å². The number of hydrogen-bond donors (Lipinski definition) is 2. The summed E-state index contributed by atoms with van der Waals surface area (Å²) in [7, 11) is 4.07. The van der Waals surface area contributed by atoms with Gasteiger partial charge in [0.05, 0.1) is 21.5 Å². The Bertz CT molecular complexity index is 2290. The number of allylic oxidation sites excluding steroid dienone is 2. The zero-order chi connectivity index (χ0) is 43.9. The van der Waals surface area contributed by atoms with Crippen LogP contribution in [0.25, 0.3) is 22.1 Å². The molecule has 4 aliphatic heterocycles. The lowest BCUT2D eigenvalue weighted by Gasteiger charge is -2.67. The number of fused-ring (bicyclic) bond motifs is 2. The van der Waals surface area contributed by atoms with Crippen molar-refractivity contribution in [1.82, 2.24) is 48.5 Å². The highest BCUT2D eigenvalue weighted by Crippen LogP contribution is 2.62. The minimum absolute atomic E-state index is 0.161. The molecule has 2 saturated carbocycles. The largest absolute Gasteiger partial charge is 0.356 e. The smallest absolute Gasteiger partial charge is 0.186 e. The Hall–Kier alpha value is -1.59. The van der Waals surface area contributed by atoms with Crippen LogP contribution in [0.4, 0.5) is 11.6 Å². The third-order valence-corrected chi connectivity index (χ3v) is 20.5. The van der Waals surface area contributed by atoms with Crippen molar-refractivity contribution >= 4 is 156 Å². The molecule has 2 N–H and O–H groups in total. The fraction of sp³-hybridized carbons (Fsp3) is 0.564. The van der Waals surface area contributed by atoms with Crippen molar-refractivity contribution in [2.75, 3.05) is 50.1 Å². The highest BCUT2D eigenvalue weighted by Gasteiger charge is 2.74. The third-order valence-electron chi connectivity index (χ3n) is 14.3. The van der Waals surface area contributed by atoms with Crippen molar-refractivity contribution in [3.8, 4) is 0 Å². The Kier molecular flexibility index (Phi) is 10.9. The maximum absolute atomic E-state index is 16.1. The van der Waals surface area contributed by atoms with Crippen LogP contribution >= 0.6 is 116 Å². The minimum atomic E-state index is -2.04. The molecule has 13 nitrogen and oxygen atoms in total. The molecule has 332 valence electrons. The number of alkyl halides is 8. The average molecular weight is 1050 g/mol. The Morgan fingerprint density at radius 2 is 1.03 bits per heavy atom. The summed E-state index contributed by atoms with van der Waals surface area (Å²) >= 11 is 71.7. The number of aromatic nitrogens is 6. The van der Waals surface area contributed by atoms with Gasteiger partial charge in [0.2, 0.25) is 0 Å². The SMILES string of the molecule is CN(c1ncnc2[nH]ccc12)C1CC2(C1)CN(C(C(=O)C(N1CC3(CC(N(C)c4ncnc5[nH]ccc45)C3)C1)C1(Cl)N(Cl)C=CC(Cl)C1(Cl)Cl)C1(Cl)N(Cl)C=CC(Cl)C1(Cl)Cl)C2. The summed E-state index contributed by atoms with van der Waals surface area (Å²) in [4.78, 5) is 44.5. The molecule has 0 radical (unpaired) electrons. The van der Waals surface area contributed by atoms with Crippen LogP contribution in [0.5, 0.6) is 0 Å². The van der Waals surface area contributed by atoms with Crippen molar-refractivity contribution in [2.45, 2.75) is 79.3 Å². The molecule has 6 unspecified atom stereocenters. The predicted octanol–water partition coefficient (Wildman–Crippen LogP) is 8.44. The lowest BCUT2D eigenvalue weighted by Crippen LogP contribution is -2.82. The molecular formula is C39H40Cl10N12O. The van der Waals surface area contributed by atoms with Crippen LogP contribution in [0.3, 0.4) is 0 Å². The number of Topliss-reactive ketones (excluding diaryl/α,β-unsaturated/α-hetero) is 1. The van der Waals surface area contributed by atoms with Gasteiger partial charge in [-0.2, -0.15) is 0 Å². The lowest BCUT2D eigenvalue weighted by atomic mass is 9.58. The van der Waals surface area contributed by atoms with E-state index >= 15 is 4.79 Å². The highest BCUT2D eigenvalue weighted by atomic mass is 35.5. The molecular weight excluding hydrogens is 1010 g/mol. The molecule has 0 aromatic carbocycles. The first-order chi connectivity index (χ1) is 29.3. The number of ketones is 1. The molecule has 62 heavy (non-hydrogen) atoms. The van der Waals surface area contributed by atoms with Gasteiger partial charge in [0, 0.05) is 101 Å². The first-order valence-corrected chi connectivity index (χ1v) is 23.8. The van der Waals surface area contributed by atoms with Crippen molar-refractivity contribution in [1.29, 1.82) is 0 Å². The third kappa shape index (κ3) is 6.33. The molecule has 2 spiro atoms. The van der Waals surface area contributed by atoms with E-state index in [9.17, 15) is 0 Å². The second-order valence-electron chi connectivity index (χ2n) is 17.9. The number of H-pyrrole nitrogens is 2. The molecule has 4 aromatic heterocycles. The molecule has 6 aliphatic rings. The molecule has 4 fully saturated rings. The summed E-state index contributed by atoms with van der Waals surface area (Å²) in [5.41, 5.74) is 1.21. The van der Waals surface area contributed by atoms with Gasteiger partial charge in [-0.15, -0.1) is 23.2 Å². The number of rotatable bonds is 10. The van der Waals surface area contributed by atoms with Crippen LogP contribution in [0.2, 0.25) is 0 Å². The van der Waals surface area contributed by atoms with Gasteiger partial charge < -0.3 is 19.8 Å². The number of carbonyl (C=O) groups excluding carboxylic acids is 1. The van der Waals surface area contributed by atoms with Crippen LogP contribution in [0.15, 0.2) is 61.7 Å². The van der Waals surface area contributed by atoms with Crippen LogP contribution in [-0.4, -0.2) is 148 Å². The summed E-state index contributed by atoms with van der Waals surface area (Å²) in [6.07, 6.45) is 16.1. The van der Waals surface area contributed by atoms with Gasteiger partial charge >= 0.3 is 0 Å². The predicted molar refractivity (Wildman–Crippen MR) is 250 cm³/mol. The number of halogens is 10. The number of nitrogens with one attached hydrogen (secondary N) is 2. The van der Waals surface area contributed by atoms with Gasteiger partial charge in [0.1, 0.15) is 47.7 Å². The van der Waals surface area contributed by atoms with Crippen LogP contribution in [-0.2, 0) is 4.79 Å². The molecule has 6 atom stereocenters. The fourth-order valence-electron chi connectivity index (χ4n) is 11.0. The first-order valence-electron chi connectivity index (χ1n) is 20.0. The summed E-state index contributed by atoms with van der Waals surface area (Å²) in [5.74, 6) is 1.17. The molecule has 10 rings (SSSR count). The van der Waals surface area contributed by atoms with Crippen LogP contribution < -0.4 is 9.80 Å². The van der Waals surface area contributed by atoms with E-state index < -0.39 is 47.3 Å². The average Bonchev–Trinajstić information content (AvgIpc) is 3.87. The zero-order valence-electron chi connectivity index (χ0n) is 33.1. The molecule has 0 amide bonds. The Labute approximate surface area is 408 Å². The van der Waals surface area contributed by atoms with Crippen molar-refractivity contribution in [3.05, 3.63) is 61.7 Å². The number of nitrogens with zero attached hydrogens (tertiary/aromatic N) is 10. The topological polar surface area (TPSA) is 120 Å². The van der Waals surface area contributed by atoms with E-state index in [-0.39, 0.29) is 22.9 Å². The van der Waals surface area contributed by atoms with E-state index in [0.717, 1.165) is 68.2 Å². The van der Waals surface area contributed by atoms with E-state index in [1.54, 1.807) is 12.7 Å². The van der Waals surface area contributed by atoms with E-state index in [0.29, 0.717) is 26.2 Å². The number of likely N-dealkylation sites (tertiary alicyclic amines) is 2. The van der Waals surface area contributed by atoms with E-state index in [2.05, 4.69) is 39.7 Å². The molecule has 0 bridgehead atoms. The zero-order valence-corrected chi connectivity index (χ0v) is 40.6. The lowest BCUT2D eigenvalue weighted by molar-refractivity contribution is -0.162. The highest BCUT2D eigenvalue weighted by molar-refractivity contribution is 6.59. The molecule has 8 heterocycles. The standard InChI is InChI=1S/C39H40Cl10N12O/c1-56(32-23-3-7-50-30(23)52-19-54-32)21-11-34(12-21)15-58(16-34)28(38(46)36(42,43)25(40)5-9-60(38)48)27(62)29(39(47)37(44,45)26(41)6-10-61(39)49)59-17-35(18-59)13-22(14-35)57(2)33-24-4-8-51-31(24)53-20-55-33/h3-10,19-22,25-26,28-29H,11-18H2,1-2H3,(H,50,52,54)(H,51,53,55). The Morgan fingerprint density at radius 1 is 0.661 bits per heavy atom. The second-order valence-corrected chi connectivity index (χ2v) is 23.5. The quantitative estimate of drug-likeness (QED) is 0.0906. The Morgan fingerprint density at radius 3 is 1.40 bits per heavy atom. The van der Waals surface area contributed by atoms with Gasteiger partial charge in [-0.05, 0) is 60.8 Å². The first kappa shape index (κ1) is 44.3. The van der Waals surface area contributed by atoms with E-state index in [1.165, 1.54) is 24.6 Å². The maximum Gasteiger partial charge on any atom is 0.186 e. The maximum atomic E-state index is 16.1. The number of aromatic amines is 2. The van der Waals surface area contributed by atoms with Gasteiger partial charge in [0.15, 0.2) is 24.4 Å². The fourth-order valence-corrected chi connectivity index (χ4v) is 14.2. The van der Waals surface area contributed by atoms with Gasteiger partial charge in [-0.25, -0.2) is 19.9 Å². The number of carbonyl (C=O) groups is 1. The van der Waals surface area contributed by atoms with Gasteiger partial charge in [-0.1, -0.05) is 69.6 Å². The summed E-state index contributed by atoms with van der Waals surface area (Å²) in [6, 6.07) is 1.65. The number of anilines is 2. The summed E-state index contributed by atoms with van der Waals surface area (Å²) in [5, 5.41) is -0.210. The molecule has 2 saturated heterocycles. The minimum Gasteiger partial charge on any atom is -0.356 e. The molecule has 4 aromatic rings.